The first-order chi connectivity index (χ1) is 9.62. The number of aryl methyl sites for hydroxylation is 2. The molecule has 2 aromatic rings. The number of pyridine rings is 1. The molecule has 0 bridgehead atoms. The monoisotopic (exact) mass is 291 g/mol. The van der Waals surface area contributed by atoms with E-state index in [4.69, 9.17) is 0 Å². The van der Waals surface area contributed by atoms with Crippen LogP contribution < -0.4 is 10.6 Å². The summed E-state index contributed by atoms with van der Waals surface area (Å²) in [6.07, 6.45) is 1.82. The van der Waals surface area contributed by atoms with Crippen molar-refractivity contribution in [1.82, 2.24) is 15.2 Å². The van der Waals surface area contributed by atoms with Crippen molar-refractivity contribution in [3.05, 3.63) is 28.4 Å². The molecule has 0 fully saturated rings. The van der Waals surface area contributed by atoms with Gasteiger partial charge in [-0.3, -0.25) is 10.1 Å². The lowest BCUT2D eigenvalue weighted by Gasteiger charge is -2.07. The Kier molecular flexibility index (Phi) is 4.62. The number of carbonyl (C=O) groups excluding carboxylic acids is 1. The van der Waals surface area contributed by atoms with Crippen LogP contribution in [-0.2, 0) is 6.42 Å². The molecular formula is C13H17N5OS. The molecule has 0 saturated carbocycles. The van der Waals surface area contributed by atoms with Crippen LogP contribution in [0.1, 0.15) is 34.4 Å². The molecule has 2 aromatic heterocycles. The van der Waals surface area contributed by atoms with Crippen LogP contribution in [0, 0.1) is 6.92 Å². The van der Waals surface area contributed by atoms with Gasteiger partial charge in [-0.2, -0.15) is 0 Å². The van der Waals surface area contributed by atoms with Crippen LogP contribution in [0.5, 0.6) is 0 Å². The van der Waals surface area contributed by atoms with Gasteiger partial charge in [0.25, 0.3) is 5.91 Å². The maximum atomic E-state index is 12.2. The summed E-state index contributed by atoms with van der Waals surface area (Å²) in [5.41, 5.74) is 1.47. The first-order valence-electron chi connectivity index (χ1n) is 6.42. The maximum Gasteiger partial charge on any atom is 0.257 e. The highest BCUT2D eigenvalue weighted by molar-refractivity contribution is 7.15. The van der Waals surface area contributed by atoms with E-state index in [1.807, 2.05) is 13.0 Å². The van der Waals surface area contributed by atoms with Gasteiger partial charge in [0.1, 0.15) is 10.8 Å². The van der Waals surface area contributed by atoms with Crippen LogP contribution in [0.3, 0.4) is 0 Å². The Hall–Kier alpha value is -2.02. The fourth-order valence-corrected chi connectivity index (χ4v) is 2.33. The molecule has 0 aliphatic rings. The summed E-state index contributed by atoms with van der Waals surface area (Å²) in [7, 11) is 1.79. The number of nitrogens with zero attached hydrogens (tertiary/aromatic N) is 3. The quantitative estimate of drug-likeness (QED) is 0.884. The van der Waals surface area contributed by atoms with Gasteiger partial charge in [0.2, 0.25) is 5.13 Å². The van der Waals surface area contributed by atoms with Crippen molar-refractivity contribution in [3.8, 4) is 0 Å². The number of anilines is 2. The van der Waals surface area contributed by atoms with Crippen molar-refractivity contribution in [3.63, 3.8) is 0 Å². The van der Waals surface area contributed by atoms with Crippen LogP contribution in [0.2, 0.25) is 0 Å². The second-order valence-electron chi connectivity index (χ2n) is 4.31. The normalized spacial score (nSPS) is 10.3. The lowest BCUT2D eigenvalue weighted by molar-refractivity contribution is 0.102. The number of nitrogens with one attached hydrogen (secondary N) is 2. The minimum atomic E-state index is -0.197. The van der Waals surface area contributed by atoms with E-state index < -0.39 is 0 Å². The van der Waals surface area contributed by atoms with Crippen LogP contribution in [0.25, 0.3) is 0 Å². The summed E-state index contributed by atoms with van der Waals surface area (Å²) in [5.74, 6) is 0.493. The molecule has 0 saturated heterocycles. The van der Waals surface area contributed by atoms with E-state index in [0.717, 1.165) is 23.5 Å². The molecule has 1 amide bonds. The summed E-state index contributed by atoms with van der Waals surface area (Å²) < 4.78 is 0. The third-order valence-electron chi connectivity index (χ3n) is 2.65. The van der Waals surface area contributed by atoms with E-state index >= 15 is 0 Å². The Balaban J connectivity index is 2.21. The lowest BCUT2D eigenvalue weighted by atomic mass is 10.1. The highest BCUT2D eigenvalue weighted by atomic mass is 32.1. The van der Waals surface area contributed by atoms with Crippen molar-refractivity contribution in [2.45, 2.75) is 26.7 Å². The van der Waals surface area contributed by atoms with Crippen LogP contribution in [-0.4, -0.2) is 28.1 Å². The summed E-state index contributed by atoms with van der Waals surface area (Å²) in [4.78, 5) is 16.6. The molecule has 0 atom stereocenters. The number of amides is 1. The first kappa shape index (κ1) is 14.4. The van der Waals surface area contributed by atoms with Crippen molar-refractivity contribution >= 4 is 28.2 Å². The fraction of sp³-hybridized carbons (Fsp3) is 0.385. The number of hydrogen-bond acceptors (Lipinski definition) is 6. The molecule has 0 spiro atoms. The lowest BCUT2D eigenvalue weighted by Crippen LogP contribution is -2.13. The third kappa shape index (κ3) is 3.51. The molecule has 2 heterocycles. The van der Waals surface area contributed by atoms with E-state index in [1.54, 1.807) is 13.1 Å². The zero-order chi connectivity index (χ0) is 14.5. The molecule has 2 rings (SSSR count). The molecule has 106 valence electrons. The third-order valence-corrected chi connectivity index (χ3v) is 3.40. The molecule has 20 heavy (non-hydrogen) atoms. The molecule has 2 N–H and O–H groups in total. The maximum absolute atomic E-state index is 12.2. The topological polar surface area (TPSA) is 79.8 Å². The van der Waals surface area contributed by atoms with Gasteiger partial charge in [-0.1, -0.05) is 24.7 Å². The van der Waals surface area contributed by atoms with Gasteiger partial charge >= 0.3 is 0 Å². The van der Waals surface area contributed by atoms with E-state index in [0.29, 0.717) is 16.5 Å². The average Bonchev–Trinajstić information content (AvgIpc) is 2.84. The van der Waals surface area contributed by atoms with Crippen molar-refractivity contribution in [2.75, 3.05) is 17.7 Å². The molecule has 6 nitrogen and oxygen atoms in total. The van der Waals surface area contributed by atoms with Crippen LogP contribution in [0.4, 0.5) is 10.9 Å². The molecule has 0 unspecified atom stereocenters. The summed E-state index contributed by atoms with van der Waals surface area (Å²) in [6, 6.07) is 3.54. The predicted molar refractivity (Wildman–Crippen MR) is 80.4 cm³/mol. The fourth-order valence-electron chi connectivity index (χ4n) is 1.75. The molecule has 0 radical (unpaired) electrons. The number of rotatable bonds is 5. The van der Waals surface area contributed by atoms with Gasteiger partial charge in [-0.25, -0.2) is 4.98 Å². The zero-order valence-corrected chi connectivity index (χ0v) is 12.5. The molecular weight excluding hydrogens is 274 g/mol. The SMILES string of the molecule is CCCc1cc(C(=O)Nc2nnc(C)s2)cc(NC)n1. The molecule has 0 aromatic carbocycles. The highest BCUT2D eigenvalue weighted by Crippen LogP contribution is 2.17. The van der Waals surface area contributed by atoms with E-state index in [9.17, 15) is 4.79 Å². The Morgan fingerprint density at radius 3 is 2.75 bits per heavy atom. The smallest absolute Gasteiger partial charge is 0.257 e. The number of aromatic nitrogens is 3. The van der Waals surface area contributed by atoms with Crippen LogP contribution in [0.15, 0.2) is 12.1 Å². The Bertz CT molecular complexity index is 611. The van der Waals surface area contributed by atoms with Gasteiger partial charge in [0.05, 0.1) is 0 Å². The minimum Gasteiger partial charge on any atom is -0.373 e. The van der Waals surface area contributed by atoms with Crippen LogP contribution >= 0.6 is 11.3 Å². The second-order valence-corrected chi connectivity index (χ2v) is 5.49. The Labute approximate surface area is 121 Å². The molecule has 0 aliphatic heterocycles. The second kappa shape index (κ2) is 6.42. The van der Waals surface area contributed by atoms with Crippen molar-refractivity contribution < 1.29 is 4.79 Å². The summed E-state index contributed by atoms with van der Waals surface area (Å²) in [6.45, 7) is 3.93. The van der Waals surface area contributed by atoms with Crippen molar-refractivity contribution in [1.29, 1.82) is 0 Å². The van der Waals surface area contributed by atoms with Gasteiger partial charge in [-0.15, -0.1) is 10.2 Å². The van der Waals surface area contributed by atoms with E-state index in [-0.39, 0.29) is 5.91 Å². The van der Waals surface area contributed by atoms with Gasteiger partial charge < -0.3 is 5.32 Å². The molecule has 0 aliphatic carbocycles. The van der Waals surface area contributed by atoms with Crippen molar-refractivity contribution in [2.24, 2.45) is 0 Å². The average molecular weight is 291 g/mol. The number of hydrogen-bond donors (Lipinski definition) is 2. The van der Waals surface area contributed by atoms with Gasteiger partial charge in [-0.05, 0) is 25.5 Å². The summed E-state index contributed by atoms with van der Waals surface area (Å²) >= 11 is 1.35. The number of carbonyl (C=O) groups is 1. The van der Waals surface area contributed by atoms with E-state index in [2.05, 4.69) is 32.7 Å². The van der Waals surface area contributed by atoms with E-state index in [1.165, 1.54) is 11.3 Å². The Morgan fingerprint density at radius 2 is 2.15 bits per heavy atom. The first-order valence-corrected chi connectivity index (χ1v) is 7.24. The Morgan fingerprint density at radius 1 is 1.35 bits per heavy atom. The molecule has 7 heteroatoms. The predicted octanol–water partition coefficient (Wildman–Crippen LogP) is 2.49. The van der Waals surface area contributed by atoms with Gasteiger partial charge in [0, 0.05) is 18.3 Å². The highest BCUT2D eigenvalue weighted by Gasteiger charge is 2.12. The minimum absolute atomic E-state index is 0.197. The zero-order valence-electron chi connectivity index (χ0n) is 11.7. The largest absolute Gasteiger partial charge is 0.373 e. The standard InChI is InChI=1S/C13H17N5OS/c1-4-5-10-6-9(7-11(14-3)15-10)12(19)16-13-18-17-8(2)20-13/h6-7H,4-5H2,1-3H3,(H,14,15)(H,16,18,19). The summed E-state index contributed by atoms with van der Waals surface area (Å²) in [5, 5.41) is 14.8. The van der Waals surface area contributed by atoms with Gasteiger partial charge in [0.15, 0.2) is 0 Å².